The van der Waals surface area contributed by atoms with E-state index >= 15 is 0 Å². The fraction of sp³-hybridized carbons (Fsp3) is 0.231. The standard InChI is InChI=1S/C26H28N2O3/c1-26(2,3)28(24(29)23-17-11-6-12-18-23)27(19-21-13-7-4-8-14-21)25(30)31-20-22-15-9-5-10-16-22/h4-18H,19-20H2,1-3H3. The Labute approximate surface area is 183 Å². The summed E-state index contributed by atoms with van der Waals surface area (Å²) in [6, 6.07) is 28.0. The molecule has 0 atom stereocenters. The number of ether oxygens (including phenoxy) is 1. The van der Waals surface area contributed by atoms with Gasteiger partial charge >= 0.3 is 6.09 Å². The largest absolute Gasteiger partial charge is 0.443 e. The second kappa shape index (κ2) is 9.94. The van der Waals surface area contributed by atoms with Crippen LogP contribution < -0.4 is 0 Å². The molecule has 160 valence electrons. The van der Waals surface area contributed by atoms with Crippen LogP contribution in [0.3, 0.4) is 0 Å². The molecule has 5 nitrogen and oxygen atoms in total. The van der Waals surface area contributed by atoms with Crippen molar-refractivity contribution >= 4 is 12.0 Å². The Morgan fingerprint density at radius 1 is 0.742 bits per heavy atom. The van der Waals surface area contributed by atoms with E-state index in [0.717, 1.165) is 11.1 Å². The minimum Gasteiger partial charge on any atom is -0.443 e. The Morgan fingerprint density at radius 3 is 1.74 bits per heavy atom. The first kappa shape index (κ1) is 22.1. The van der Waals surface area contributed by atoms with E-state index in [2.05, 4.69) is 0 Å². The van der Waals surface area contributed by atoms with Crippen LogP contribution in [-0.2, 0) is 17.9 Å². The van der Waals surface area contributed by atoms with Crippen molar-refractivity contribution in [2.75, 3.05) is 0 Å². The SMILES string of the molecule is CC(C)(C)N(C(=O)c1ccccc1)N(Cc1ccccc1)C(=O)OCc1ccccc1. The van der Waals surface area contributed by atoms with E-state index in [4.69, 9.17) is 4.74 Å². The summed E-state index contributed by atoms with van der Waals surface area (Å²) in [6.45, 7) is 6.04. The van der Waals surface area contributed by atoms with Gasteiger partial charge in [-0.2, -0.15) is 0 Å². The molecule has 0 unspecified atom stereocenters. The first-order valence-electron chi connectivity index (χ1n) is 10.3. The van der Waals surface area contributed by atoms with Crippen LogP contribution in [0.4, 0.5) is 4.79 Å². The van der Waals surface area contributed by atoms with E-state index in [1.54, 1.807) is 12.1 Å². The van der Waals surface area contributed by atoms with Gasteiger partial charge in [0.05, 0.1) is 12.1 Å². The molecule has 0 aromatic heterocycles. The second-order valence-electron chi connectivity index (χ2n) is 8.24. The lowest BCUT2D eigenvalue weighted by Crippen LogP contribution is -2.57. The topological polar surface area (TPSA) is 49.9 Å². The van der Waals surface area contributed by atoms with Crippen molar-refractivity contribution in [3.8, 4) is 0 Å². The number of hydrazine groups is 1. The van der Waals surface area contributed by atoms with Crippen molar-refractivity contribution in [1.82, 2.24) is 10.0 Å². The summed E-state index contributed by atoms with van der Waals surface area (Å²) in [7, 11) is 0. The van der Waals surface area contributed by atoms with Gasteiger partial charge in [-0.15, -0.1) is 0 Å². The summed E-state index contributed by atoms with van der Waals surface area (Å²) in [4.78, 5) is 26.7. The summed E-state index contributed by atoms with van der Waals surface area (Å²) in [6.07, 6.45) is -0.577. The number of nitrogens with zero attached hydrogens (tertiary/aromatic N) is 2. The molecule has 0 heterocycles. The number of hydrogen-bond donors (Lipinski definition) is 0. The van der Waals surface area contributed by atoms with Gasteiger partial charge in [-0.25, -0.2) is 14.8 Å². The molecule has 0 fully saturated rings. The van der Waals surface area contributed by atoms with E-state index in [1.165, 1.54) is 10.0 Å². The van der Waals surface area contributed by atoms with Gasteiger partial charge in [0, 0.05) is 5.56 Å². The fourth-order valence-corrected chi connectivity index (χ4v) is 3.25. The van der Waals surface area contributed by atoms with Gasteiger partial charge in [-0.1, -0.05) is 78.9 Å². The molecule has 31 heavy (non-hydrogen) atoms. The molecule has 5 heteroatoms. The third kappa shape index (κ3) is 5.95. The van der Waals surface area contributed by atoms with Gasteiger partial charge in [0.25, 0.3) is 5.91 Å². The maximum Gasteiger partial charge on any atom is 0.429 e. The third-order valence-electron chi connectivity index (χ3n) is 4.68. The molecule has 0 bridgehead atoms. The third-order valence-corrected chi connectivity index (χ3v) is 4.68. The maximum absolute atomic E-state index is 13.5. The number of hydrogen-bond acceptors (Lipinski definition) is 3. The van der Waals surface area contributed by atoms with Gasteiger partial charge in [-0.05, 0) is 44.0 Å². The second-order valence-corrected chi connectivity index (χ2v) is 8.24. The highest BCUT2D eigenvalue weighted by molar-refractivity contribution is 5.95. The van der Waals surface area contributed by atoms with Crippen molar-refractivity contribution in [1.29, 1.82) is 0 Å². The average molecular weight is 417 g/mol. The van der Waals surface area contributed by atoms with Gasteiger partial charge in [0.1, 0.15) is 6.61 Å². The van der Waals surface area contributed by atoms with Crippen LogP contribution in [0.5, 0.6) is 0 Å². The molecule has 3 rings (SSSR count). The van der Waals surface area contributed by atoms with E-state index < -0.39 is 11.6 Å². The Balaban J connectivity index is 1.93. The highest BCUT2D eigenvalue weighted by atomic mass is 16.6. The molecule has 0 aliphatic heterocycles. The molecule has 3 aromatic rings. The van der Waals surface area contributed by atoms with Crippen molar-refractivity contribution in [3.63, 3.8) is 0 Å². The summed E-state index contributed by atoms with van der Waals surface area (Å²) < 4.78 is 5.62. The minimum absolute atomic E-state index is 0.127. The Bertz CT molecular complexity index is 983. The van der Waals surface area contributed by atoms with Crippen LogP contribution in [0.25, 0.3) is 0 Å². The van der Waals surface area contributed by atoms with Crippen molar-refractivity contribution in [2.45, 2.75) is 39.5 Å². The zero-order chi connectivity index (χ0) is 22.3. The zero-order valence-corrected chi connectivity index (χ0v) is 18.2. The van der Waals surface area contributed by atoms with Crippen LogP contribution in [0.1, 0.15) is 42.3 Å². The summed E-state index contributed by atoms with van der Waals surface area (Å²) in [5.41, 5.74) is 1.63. The molecule has 0 saturated heterocycles. The van der Waals surface area contributed by atoms with E-state index in [9.17, 15) is 9.59 Å². The molecule has 2 amide bonds. The first-order chi connectivity index (χ1) is 14.9. The quantitative estimate of drug-likeness (QED) is 0.503. The highest BCUT2D eigenvalue weighted by Gasteiger charge is 2.36. The van der Waals surface area contributed by atoms with Gasteiger partial charge in [-0.3, -0.25) is 4.79 Å². The first-order valence-corrected chi connectivity index (χ1v) is 10.3. The van der Waals surface area contributed by atoms with Crippen LogP contribution in [0.2, 0.25) is 0 Å². The van der Waals surface area contributed by atoms with Gasteiger partial charge in [0.15, 0.2) is 0 Å². The molecule has 0 aliphatic carbocycles. The van der Waals surface area contributed by atoms with E-state index in [1.807, 2.05) is 99.6 Å². The summed E-state index contributed by atoms with van der Waals surface area (Å²) in [5, 5.41) is 2.89. The Hall–Kier alpha value is -3.60. The summed E-state index contributed by atoms with van der Waals surface area (Å²) in [5.74, 6) is -0.263. The minimum atomic E-state index is -0.659. The van der Waals surface area contributed by atoms with Gasteiger partial charge < -0.3 is 4.74 Å². The Kier molecular flexibility index (Phi) is 7.08. The molecule has 3 aromatic carbocycles. The van der Waals surface area contributed by atoms with E-state index in [0.29, 0.717) is 5.56 Å². The molecule has 0 aliphatic rings. The predicted octanol–water partition coefficient (Wildman–Crippen LogP) is 5.68. The van der Waals surface area contributed by atoms with Crippen LogP contribution in [0.15, 0.2) is 91.0 Å². The summed E-state index contributed by atoms with van der Waals surface area (Å²) >= 11 is 0. The monoisotopic (exact) mass is 416 g/mol. The van der Waals surface area contributed by atoms with Crippen molar-refractivity contribution < 1.29 is 14.3 Å². The number of carbonyl (C=O) groups excluding carboxylic acids is 2. The van der Waals surface area contributed by atoms with Crippen molar-refractivity contribution in [2.24, 2.45) is 0 Å². The number of carbonyl (C=O) groups is 2. The molecular weight excluding hydrogens is 388 g/mol. The molecular formula is C26H28N2O3. The highest BCUT2D eigenvalue weighted by Crippen LogP contribution is 2.23. The lowest BCUT2D eigenvalue weighted by molar-refractivity contribution is -0.0599. The molecule has 0 saturated carbocycles. The molecule has 0 radical (unpaired) electrons. The molecule has 0 spiro atoms. The van der Waals surface area contributed by atoms with Crippen LogP contribution >= 0.6 is 0 Å². The normalized spacial score (nSPS) is 10.9. The van der Waals surface area contributed by atoms with Crippen LogP contribution in [-0.4, -0.2) is 27.6 Å². The number of rotatable bonds is 5. The smallest absolute Gasteiger partial charge is 0.429 e. The lowest BCUT2D eigenvalue weighted by Gasteiger charge is -2.42. The maximum atomic E-state index is 13.5. The lowest BCUT2D eigenvalue weighted by atomic mass is 10.1. The number of amides is 2. The number of benzene rings is 3. The zero-order valence-electron chi connectivity index (χ0n) is 18.2. The van der Waals surface area contributed by atoms with Crippen LogP contribution in [0, 0.1) is 0 Å². The van der Waals surface area contributed by atoms with Crippen molar-refractivity contribution in [3.05, 3.63) is 108 Å². The van der Waals surface area contributed by atoms with Gasteiger partial charge in [0.2, 0.25) is 0 Å². The van der Waals surface area contributed by atoms with E-state index in [-0.39, 0.29) is 19.1 Å². The fourth-order valence-electron chi connectivity index (χ4n) is 3.25. The molecule has 0 N–H and O–H groups in total. The Morgan fingerprint density at radius 2 is 1.23 bits per heavy atom. The predicted molar refractivity (Wildman–Crippen MR) is 121 cm³/mol. The average Bonchev–Trinajstić information content (AvgIpc) is 2.78.